The highest BCUT2D eigenvalue weighted by atomic mass is 32.2. The second-order valence-electron chi connectivity index (χ2n) is 7.23. The van der Waals surface area contributed by atoms with Crippen LogP contribution in [0.1, 0.15) is 17.9 Å². The van der Waals surface area contributed by atoms with Gasteiger partial charge >= 0.3 is 0 Å². The summed E-state index contributed by atoms with van der Waals surface area (Å²) in [5.74, 6) is 0.319. The van der Waals surface area contributed by atoms with E-state index >= 15 is 0 Å². The third kappa shape index (κ3) is 3.87. The third-order valence-corrected chi connectivity index (χ3v) is 6.47. The molecule has 0 aliphatic carbocycles. The van der Waals surface area contributed by atoms with Crippen LogP contribution < -0.4 is 5.73 Å². The van der Waals surface area contributed by atoms with Crippen molar-refractivity contribution in [2.24, 2.45) is 0 Å². The SMILES string of the molecule is CSC(=S)O[C@@H]1CO[C@@H]2CO[C@@H](c3ccccc3)O[C@H]2[C@H]1n1cnc2c(N)ncnc21. The van der Waals surface area contributed by atoms with Crippen LogP contribution in [0.2, 0.25) is 0 Å². The van der Waals surface area contributed by atoms with Gasteiger partial charge in [-0.05, 0) is 18.5 Å². The van der Waals surface area contributed by atoms with E-state index in [4.69, 9.17) is 36.9 Å². The van der Waals surface area contributed by atoms with Gasteiger partial charge in [0.1, 0.15) is 36.2 Å². The fraction of sp³-hybridized carbons (Fsp3) is 0.400. The van der Waals surface area contributed by atoms with E-state index in [1.165, 1.54) is 18.1 Å². The molecule has 4 heterocycles. The number of thioether (sulfide) groups is 1. The van der Waals surface area contributed by atoms with E-state index in [0.29, 0.717) is 34.6 Å². The fourth-order valence-corrected chi connectivity index (χ4v) is 4.35. The molecule has 2 saturated heterocycles. The van der Waals surface area contributed by atoms with Crippen molar-refractivity contribution in [1.82, 2.24) is 19.5 Å². The van der Waals surface area contributed by atoms with Crippen LogP contribution in [0.5, 0.6) is 0 Å². The lowest BCUT2D eigenvalue weighted by Crippen LogP contribution is -2.56. The second-order valence-corrected chi connectivity index (χ2v) is 8.64. The van der Waals surface area contributed by atoms with Gasteiger partial charge in [0.15, 0.2) is 17.8 Å². The summed E-state index contributed by atoms with van der Waals surface area (Å²) in [6.45, 7) is 0.722. The Labute approximate surface area is 188 Å². The van der Waals surface area contributed by atoms with Gasteiger partial charge in [-0.25, -0.2) is 15.0 Å². The second kappa shape index (κ2) is 8.67. The minimum absolute atomic E-state index is 0.274. The standard InChI is InChI=1S/C20H21N5O4S2/c1-31-20(30)28-12-7-26-13-8-27-19(11-5-3-2-4-6-11)29-16(13)15(12)25-10-24-14-17(21)22-9-23-18(14)25/h2-6,9-10,12-13,15-16,19H,7-8H2,1H3,(H2,21,22,23)/t12-,13-,15+,16-,19-/m1/s1. The average Bonchev–Trinajstić information content (AvgIpc) is 3.24. The molecule has 9 nitrogen and oxygen atoms in total. The molecule has 2 aliphatic rings. The number of aromatic nitrogens is 4. The first kappa shape index (κ1) is 20.6. The van der Waals surface area contributed by atoms with Crippen molar-refractivity contribution in [3.63, 3.8) is 0 Å². The largest absolute Gasteiger partial charge is 0.470 e. The summed E-state index contributed by atoms with van der Waals surface area (Å²) in [6.07, 6.45) is 3.42. The minimum atomic E-state index is -0.519. The molecule has 5 rings (SSSR count). The Balaban J connectivity index is 1.54. The molecule has 0 radical (unpaired) electrons. The molecule has 2 aromatic heterocycles. The van der Waals surface area contributed by atoms with Crippen molar-refractivity contribution < 1.29 is 18.9 Å². The van der Waals surface area contributed by atoms with Crippen molar-refractivity contribution in [2.45, 2.75) is 30.6 Å². The first-order valence-electron chi connectivity index (χ1n) is 9.77. The van der Waals surface area contributed by atoms with Gasteiger partial charge in [0.2, 0.25) is 4.38 Å². The number of rotatable bonds is 3. The molecule has 0 unspecified atom stereocenters. The predicted molar refractivity (Wildman–Crippen MR) is 120 cm³/mol. The lowest BCUT2D eigenvalue weighted by atomic mass is 9.95. The third-order valence-electron chi connectivity index (χ3n) is 5.45. The molecule has 11 heteroatoms. The summed E-state index contributed by atoms with van der Waals surface area (Å²) in [5.41, 5.74) is 8.08. The smallest absolute Gasteiger partial charge is 0.220 e. The van der Waals surface area contributed by atoms with Crippen LogP contribution in [0.4, 0.5) is 5.82 Å². The van der Waals surface area contributed by atoms with E-state index in [-0.39, 0.29) is 18.2 Å². The number of nitrogens with zero attached hydrogens (tertiary/aromatic N) is 4. The molecular weight excluding hydrogens is 438 g/mol. The first-order valence-corrected chi connectivity index (χ1v) is 11.4. The highest BCUT2D eigenvalue weighted by Crippen LogP contribution is 2.39. The Bertz CT molecular complexity index is 1080. The number of fused-ring (bicyclic) bond motifs is 2. The highest BCUT2D eigenvalue weighted by molar-refractivity contribution is 8.22. The Morgan fingerprint density at radius 1 is 1.19 bits per heavy atom. The molecular formula is C20H21N5O4S2. The maximum Gasteiger partial charge on any atom is 0.220 e. The average molecular weight is 460 g/mol. The van der Waals surface area contributed by atoms with Gasteiger partial charge in [-0.15, -0.1) is 0 Å². The summed E-state index contributed by atoms with van der Waals surface area (Å²) in [6, 6.07) is 9.50. The molecule has 3 aromatic rings. The van der Waals surface area contributed by atoms with Crippen LogP contribution in [-0.4, -0.2) is 61.7 Å². The van der Waals surface area contributed by atoms with Crippen LogP contribution in [0.25, 0.3) is 11.2 Å². The number of nitrogen functional groups attached to an aromatic ring is 1. The van der Waals surface area contributed by atoms with Crippen molar-refractivity contribution in [3.05, 3.63) is 48.5 Å². The van der Waals surface area contributed by atoms with Crippen LogP contribution >= 0.6 is 24.0 Å². The van der Waals surface area contributed by atoms with Gasteiger partial charge in [-0.3, -0.25) is 0 Å². The van der Waals surface area contributed by atoms with Gasteiger partial charge in [-0.1, -0.05) is 42.1 Å². The van der Waals surface area contributed by atoms with E-state index in [9.17, 15) is 0 Å². The lowest BCUT2D eigenvalue weighted by molar-refractivity contribution is -0.299. The topological polar surface area (TPSA) is 107 Å². The normalized spacial score (nSPS) is 28.2. The number of hydrogen-bond donors (Lipinski definition) is 1. The number of ether oxygens (including phenoxy) is 4. The van der Waals surface area contributed by atoms with Gasteiger partial charge in [0.25, 0.3) is 0 Å². The lowest BCUT2D eigenvalue weighted by Gasteiger charge is -2.46. The molecule has 1 aromatic carbocycles. The molecule has 0 amide bonds. The van der Waals surface area contributed by atoms with Gasteiger partial charge in [0, 0.05) is 5.56 Å². The van der Waals surface area contributed by atoms with E-state index < -0.39 is 12.4 Å². The Kier molecular flexibility index (Phi) is 5.76. The molecule has 31 heavy (non-hydrogen) atoms. The molecule has 0 saturated carbocycles. The summed E-state index contributed by atoms with van der Waals surface area (Å²) < 4.78 is 26.9. The number of nitrogens with two attached hydrogens (primary N) is 1. The van der Waals surface area contributed by atoms with E-state index in [1.54, 1.807) is 6.33 Å². The number of thiocarbonyl (C=S) groups is 1. The Morgan fingerprint density at radius 2 is 2.03 bits per heavy atom. The quantitative estimate of drug-likeness (QED) is 0.587. The number of hydrogen-bond acceptors (Lipinski definition) is 10. The van der Waals surface area contributed by atoms with Crippen LogP contribution in [0.15, 0.2) is 43.0 Å². The highest BCUT2D eigenvalue weighted by Gasteiger charge is 2.48. The van der Waals surface area contributed by atoms with Crippen molar-refractivity contribution in [3.8, 4) is 0 Å². The molecule has 0 bridgehead atoms. The van der Waals surface area contributed by atoms with E-state index in [2.05, 4.69) is 15.0 Å². The number of imidazole rings is 1. The molecule has 2 aliphatic heterocycles. The molecule has 162 valence electrons. The summed E-state index contributed by atoms with van der Waals surface area (Å²) >= 11 is 6.70. The van der Waals surface area contributed by atoms with Crippen molar-refractivity contribution in [2.75, 3.05) is 25.2 Å². The maximum absolute atomic E-state index is 6.44. The first-order chi connectivity index (χ1) is 15.2. The zero-order chi connectivity index (χ0) is 21.4. The number of anilines is 1. The summed E-state index contributed by atoms with van der Waals surface area (Å²) in [5, 5.41) is 0. The predicted octanol–water partition coefficient (Wildman–Crippen LogP) is 2.50. The maximum atomic E-state index is 6.44. The minimum Gasteiger partial charge on any atom is -0.470 e. The van der Waals surface area contributed by atoms with Crippen LogP contribution in [0.3, 0.4) is 0 Å². The van der Waals surface area contributed by atoms with Crippen LogP contribution in [-0.2, 0) is 18.9 Å². The monoisotopic (exact) mass is 459 g/mol. The summed E-state index contributed by atoms with van der Waals surface area (Å²) in [7, 11) is 0. The molecule has 0 spiro atoms. The van der Waals surface area contributed by atoms with Crippen molar-refractivity contribution >= 4 is 45.3 Å². The van der Waals surface area contributed by atoms with Gasteiger partial charge in [-0.2, -0.15) is 0 Å². The van der Waals surface area contributed by atoms with Crippen LogP contribution in [0, 0.1) is 0 Å². The van der Waals surface area contributed by atoms with Crippen molar-refractivity contribution in [1.29, 1.82) is 0 Å². The molecule has 5 atom stereocenters. The number of benzene rings is 1. The zero-order valence-corrected chi connectivity index (χ0v) is 18.3. The van der Waals surface area contributed by atoms with E-state index in [1.807, 2.05) is 41.2 Å². The molecule has 2 N–H and O–H groups in total. The Morgan fingerprint density at radius 3 is 2.84 bits per heavy atom. The van der Waals surface area contributed by atoms with E-state index in [0.717, 1.165) is 5.56 Å². The Hall–Kier alpha value is -2.31. The van der Waals surface area contributed by atoms with Gasteiger partial charge < -0.3 is 29.2 Å². The molecule has 2 fully saturated rings. The summed E-state index contributed by atoms with van der Waals surface area (Å²) in [4.78, 5) is 12.9. The zero-order valence-electron chi connectivity index (χ0n) is 16.7. The fourth-order valence-electron chi connectivity index (χ4n) is 4.00. The van der Waals surface area contributed by atoms with Gasteiger partial charge in [0.05, 0.1) is 19.5 Å².